The lowest BCUT2D eigenvalue weighted by Crippen LogP contribution is -2.62. The highest BCUT2D eigenvalue weighted by Crippen LogP contribution is 2.47. The van der Waals surface area contributed by atoms with Crippen LogP contribution in [0.2, 0.25) is 0 Å². The predicted molar refractivity (Wildman–Crippen MR) is 76.3 cm³/mol. The van der Waals surface area contributed by atoms with E-state index in [1.807, 2.05) is 9.36 Å². The van der Waals surface area contributed by atoms with Crippen molar-refractivity contribution in [2.75, 3.05) is 0 Å². The third kappa shape index (κ3) is 2.10. The number of rotatable bonds is 4. The van der Waals surface area contributed by atoms with Crippen molar-refractivity contribution in [2.45, 2.75) is 43.8 Å². The van der Waals surface area contributed by atoms with Gasteiger partial charge in [0, 0.05) is 11.3 Å². The first kappa shape index (κ1) is 14.7. The van der Waals surface area contributed by atoms with E-state index >= 15 is 0 Å². The van der Waals surface area contributed by atoms with E-state index in [1.165, 1.54) is 16.7 Å². The van der Waals surface area contributed by atoms with E-state index in [9.17, 15) is 19.8 Å². The Kier molecular flexibility index (Phi) is 3.24. The van der Waals surface area contributed by atoms with Crippen LogP contribution in [0.3, 0.4) is 0 Å². The van der Waals surface area contributed by atoms with Crippen molar-refractivity contribution in [1.82, 2.24) is 14.6 Å². The average Bonchev–Trinajstić information content (AvgIpc) is 3.10. The number of carboxylic acids is 1. The highest BCUT2D eigenvalue weighted by molar-refractivity contribution is 8.03. The van der Waals surface area contributed by atoms with Gasteiger partial charge >= 0.3 is 6.33 Å². The van der Waals surface area contributed by atoms with Crippen LogP contribution in [0.15, 0.2) is 23.3 Å². The minimum atomic E-state index is -1.32. The molecule has 3 atom stereocenters. The number of nitrogens with zero attached hydrogens (tertiary/aromatic N) is 4. The number of carbonyl (C=O) groups excluding carboxylic acids is 2. The molecule has 0 bridgehead atoms. The van der Waals surface area contributed by atoms with Crippen molar-refractivity contribution < 1.29 is 24.5 Å². The normalized spacial score (nSPS) is 30.3. The van der Waals surface area contributed by atoms with Gasteiger partial charge in [-0.1, -0.05) is 0 Å². The zero-order chi connectivity index (χ0) is 16.3. The van der Waals surface area contributed by atoms with Gasteiger partial charge in [-0.2, -0.15) is 9.36 Å². The van der Waals surface area contributed by atoms with Gasteiger partial charge < -0.3 is 19.9 Å². The fourth-order valence-corrected chi connectivity index (χ4v) is 5.11. The van der Waals surface area contributed by atoms with Crippen LogP contribution in [0.5, 0.6) is 0 Å². The first-order valence-corrected chi connectivity index (χ1v) is 8.37. The van der Waals surface area contributed by atoms with Crippen LogP contribution in [0.1, 0.15) is 13.3 Å². The highest BCUT2D eigenvalue weighted by Gasteiger charge is 2.55. The molecule has 3 aliphatic heterocycles. The summed E-state index contributed by atoms with van der Waals surface area (Å²) in [6.07, 6.45) is 3.18. The minimum absolute atomic E-state index is 0.0124. The molecule has 1 fully saturated rings. The maximum absolute atomic E-state index is 12.1. The molecule has 3 aliphatic rings. The van der Waals surface area contributed by atoms with Gasteiger partial charge in [-0.3, -0.25) is 4.79 Å². The Balaban J connectivity index is 1.55. The number of aliphatic hydroxyl groups is 1. The lowest BCUT2D eigenvalue weighted by Gasteiger charge is -2.45. The molecule has 23 heavy (non-hydrogen) atoms. The van der Waals surface area contributed by atoms with E-state index in [4.69, 9.17) is 0 Å². The van der Waals surface area contributed by atoms with Crippen LogP contribution < -0.4 is 9.79 Å². The molecule has 0 saturated carbocycles. The van der Waals surface area contributed by atoms with Gasteiger partial charge in [0.15, 0.2) is 0 Å². The van der Waals surface area contributed by atoms with E-state index in [0.29, 0.717) is 11.3 Å². The van der Waals surface area contributed by atoms with E-state index in [-0.39, 0.29) is 22.9 Å². The van der Waals surface area contributed by atoms with Crippen molar-refractivity contribution in [3.05, 3.63) is 23.3 Å². The summed E-state index contributed by atoms with van der Waals surface area (Å²) < 4.78 is 3.95. The number of amides is 1. The molecule has 122 valence electrons. The number of aliphatic carboxylic acids is 1. The molecule has 4 rings (SSSR count). The first-order valence-electron chi connectivity index (χ1n) is 7.49. The van der Waals surface area contributed by atoms with E-state index in [0.717, 1.165) is 13.1 Å². The van der Waals surface area contributed by atoms with Crippen LogP contribution in [-0.4, -0.2) is 48.9 Å². The van der Waals surface area contributed by atoms with Gasteiger partial charge in [0.25, 0.3) is 0 Å². The second-order valence-electron chi connectivity index (χ2n) is 6.17. The van der Waals surface area contributed by atoms with Crippen molar-refractivity contribution in [3.8, 4) is 0 Å². The quantitative estimate of drug-likeness (QED) is 0.497. The van der Waals surface area contributed by atoms with E-state index < -0.39 is 18.0 Å². The summed E-state index contributed by atoms with van der Waals surface area (Å²) >= 11 is 1.49. The molecule has 9 heteroatoms. The largest absolute Gasteiger partial charge is 0.543 e. The van der Waals surface area contributed by atoms with Gasteiger partial charge in [-0.25, -0.2) is 0 Å². The Morgan fingerprint density at radius 3 is 3.04 bits per heavy atom. The molecular formula is C14H16N4O4S. The molecule has 0 radical (unpaired) electrons. The smallest absolute Gasteiger partial charge is 0.306 e. The topological polar surface area (TPSA) is 102 Å². The van der Waals surface area contributed by atoms with Crippen LogP contribution in [0, 0.1) is 5.92 Å². The summed E-state index contributed by atoms with van der Waals surface area (Å²) in [6.45, 7) is 3.05. The summed E-state index contributed by atoms with van der Waals surface area (Å²) in [5.74, 6) is -2.16. The standard InChI is InChI=1S/C14H16N4O4S/c1-7(19)11-9-2-10(12(14(21)22)18(9)13(11)20)23-8-3-16-5-15-6-17(16)4-8/h5-9,11,19H,2-4H2,1H3/t7-,9+,11-/m1/s1. The lowest BCUT2D eigenvalue weighted by molar-refractivity contribution is -0.758. The molecular weight excluding hydrogens is 320 g/mol. The van der Waals surface area contributed by atoms with Crippen molar-refractivity contribution in [3.63, 3.8) is 0 Å². The Bertz CT molecular complexity index is 708. The minimum Gasteiger partial charge on any atom is -0.543 e. The van der Waals surface area contributed by atoms with Crippen LogP contribution in [0.4, 0.5) is 0 Å². The summed E-state index contributed by atoms with van der Waals surface area (Å²) in [7, 11) is 0. The highest BCUT2D eigenvalue weighted by atomic mass is 32.2. The zero-order valence-electron chi connectivity index (χ0n) is 12.5. The molecule has 0 aromatic carbocycles. The Morgan fingerprint density at radius 2 is 2.39 bits per heavy atom. The fourth-order valence-electron chi connectivity index (χ4n) is 3.70. The Morgan fingerprint density at radius 1 is 1.61 bits per heavy atom. The van der Waals surface area contributed by atoms with Gasteiger partial charge in [-0.15, -0.1) is 11.8 Å². The van der Waals surface area contributed by atoms with Crippen molar-refractivity contribution >= 4 is 23.6 Å². The molecule has 1 saturated heterocycles. The summed E-state index contributed by atoms with van der Waals surface area (Å²) in [6, 6.07) is -0.257. The SMILES string of the molecule is C[C@@H](O)[C@H]1C(=O)N2C(C(=O)[O-])=C(SC3Cn4cnc[n+]4C3)C[C@@H]12. The number of aromatic nitrogens is 3. The van der Waals surface area contributed by atoms with Gasteiger partial charge in [-0.05, 0) is 11.9 Å². The van der Waals surface area contributed by atoms with E-state index in [2.05, 4.69) is 4.98 Å². The molecule has 1 aromatic rings. The number of carboxylic acid groups (broad SMARTS) is 1. The second-order valence-corrected chi connectivity index (χ2v) is 7.56. The summed E-state index contributed by atoms with van der Waals surface area (Å²) in [5, 5.41) is 21.4. The third-order valence-electron chi connectivity index (χ3n) is 4.70. The Labute approximate surface area is 136 Å². The van der Waals surface area contributed by atoms with Crippen LogP contribution >= 0.6 is 11.8 Å². The number of carbonyl (C=O) groups is 2. The van der Waals surface area contributed by atoms with Gasteiger partial charge in [0.2, 0.25) is 12.2 Å². The number of fused-ring (bicyclic) bond motifs is 2. The zero-order valence-corrected chi connectivity index (χ0v) is 13.3. The van der Waals surface area contributed by atoms with Crippen molar-refractivity contribution in [2.24, 2.45) is 5.92 Å². The molecule has 0 aliphatic carbocycles. The van der Waals surface area contributed by atoms with E-state index in [1.54, 1.807) is 19.6 Å². The number of hydrogen-bond acceptors (Lipinski definition) is 6. The monoisotopic (exact) mass is 336 g/mol. The first-order chi connectivity index (χ1) is 11.0. The number of aliphatic hydroxyl groups excluding tert-OH is 1. The number of β-lactam (4-membered cyclic amide) rings is 1. The number of thioether (sulfide) groups is 1. The predicted octanol–water partition coefficient (Wildman–Crippen LogP) is -2.14. The molecule has 1 N–H and O–H groups in total. The van der Waals surface area contributed by atoms with Crippen LogP contribution in [-0.2, 0) is 22.7 Å². The number of hydrogen-bond donors (Lipinski definition) is 1. The maximum Gasteiger partial charge on any atom is 0.306 e. The molecule has 4 heterocycles. The lowest BCUT2D eigenvalue weighted by atomic mass is 9.83. The molecule has 0 spiro atoms. The van der Waals surface area contributed by atoms with Gasteiger partial charge in [0.1, 0.15) is 6.54 Å². The van der Waals surface area contributed by atoms with Crippen molar-refractivity contribution in [1.29, 1.82) is 0 Å². The third-order valence-corrected chi connectivity index (χ3v) is 5.98. The average molecular weight is 336 g/mol. The summed E-state index contributed by atoms with van der Waals surface area (Å²) in [4.78, 5) is 29.7. The van der Waals surface area contributed by atoms with Crippen LogP contribution in [0.25, 0.3) is 0 Å². The molecule has 0 unspecified atom stereocenters. The maximum atomic E-state index is 12.1. The summed E-state index contributed by atoms with van der Waals surface area (Å²) in [5.41, 5.74) is -0.0124. The second kappa shape index (κ2) is 5.07. The van der Waals surface area contributed by atoms with Gasteiger partial charge in [0.05, 0.1) is 41.5 Å². The fraction of sp³-hybridized carbons (Fsp3) is 0.571. The molecule has 8 nitrogen and oxygen atoms in total. The molecule has 1 aromatic heterocycles. The molecule has 1 amide bonds. The Hall–Kier alpha value is -1.87.